The van der Waals surface area contributed by atoms with Crippen LogP contribution >= 0.6 is 11.3 Å². The first-order valence-electron chi connectivity index (χ1n) is 9.21. The van der Waals surface area contributed by atoms with Crippen molar-refractivity contribution in [1.29, 1.82) is 0 Å². The molecular weight excluding hydrogens is 366 g/mol. The first-order chi connectivity index (χ1) is 13.7. The molecule has 5 aromatic rings. The SMILES string of the molecule is Cc1c(C(C)Nc2nccc(-n3cnc4ccccc43)n2)sc2ccccc12. The molecule has 0 saturated carbocycles. The smallest absolute Gasteiger partial charge is 0.225 e. The van der Waals surface area contributed by atoms with E-state index in [9.17, 15) is 0 Å². The van der Waals surface area contributed by atoms with Gasteiger partial charge in [0, 0.05) is 15.8 Å². The molecule has 6 heteroatoms. The summed E-state index contributed by atoms with van der Waals surface area (Å²) >= 11 is 1.82. The second-order valence-corrected chi connectivity index (χ2v) is 7.88. The van der Waals surface area contributed by atoms with E-state index in [0.29, 0.717) is 5.95 Å². The molecule has 5 rings (SSSR count). The highest BCUT2D eigenvalue weighted by atomic mass is 32.1. The molecule has 5 nitrogen and oxygen atoms in total. The minimum Gasteiger partial charge on any atom is -0.347 e. The third-order valence-corrected chi connectivity index (χ3v) is 6.42. The maximum atomic E-state index is 4.72. The predicted octanol–water partition coefficient (Wildman–Crippen LogP) is 5.51. The summed E-state index contributed by atoms with van der Waals surface area (Å²) in [4.78, 5) is 14.9. The third-order valence-electron chi connectivity index (χ3n) is 4.96. The average Bonchev–Trinajstić information content (AvgIpc) is 3.30. The molecule has 3 aromatic heterocycles. The van der Waals surface area contributed by atoms with Crippen LogP contribution in [0.2, 0.25) is 0 Å². The number of nitrogens with one attached hydrogen (secondary N) is 1. The number of fused-ring (bicyclic) bond motifs is 2. The molecule has 0 saturated heterocycles. The van der Waals surface area contributed by atoms with Gasteiger partial charge in [-0.1, -0.05) is 30.3 Å². The van der Waals surface area contributed by atoms with Crippen LogP contribution in [0.4, 0.5) is 5.95 Å². The van der Waals surface area contributed by atoms with E-state index in [1.165, 1.54) is 20.5 Å². The largest absolute Gasteiger partial charge is 0.347 e. The van der Waals surface area contributed by atoms with Gasteiger partial charge in [0.1, 0.15) is 12.1 Å². The Balaban J connectivity index is 1.47. The fourth-order valence-electron chi connectivity index (χ4n) is 3.56. The van der Waals surface area contributed by atoms with Crippen molar-refractivity contribution in [2.75, 3.05) is 5.32 Å². The highest BCUT2D eigenvalue weighted by molar-refractivity contribution is 7.19. The van der Waals surface area contributed by atoms with Crippen LogP contribution in [0.1, 0.15) is 23.4 Å². The van der Waals surface area contributed by atoms with Crippen molar-refractivity contribution in [2.24, 2.45) is 0 Å². The molecule has 0 spiro atoms. The van der Waals surface area contributed by atoms with Crippen LogP contribution in [0.25, 0.3) is 26.9 Å². The van der Waals surface area contributed by atoms with Gasteiger partial charge in [-0.05, 0) is 49.1 Å². The van der Waals surface area contributed by atoms with Gasteiger partial charge in [-0.3, -0.25) is 4.57 Å². The Morgan fingerprint density at radius 2 is 1.82 bits per heavy atom. The van der Waals surface area contributed by atoms with Crippen LogP contribution in [-0.4, -0.2) is 19.5 Å². The molecule has 0 aliphatic heterocycles. The van der Waals surface area contributed by atoms with Crippen LogP contribution in [0, 0.1) is 6.92 Å². The summed E-state index contributed by atoms with van der Waals surface area (Å²) in [5.41, 5.74) is 3.29. The van der Waals surface area contributed by atoms with Gasteiger partial charge in [-0.25, -0.2) is 9.97 Å². The lowest BCUT2D eigenvalue weighted by atomic mass is 10.1. The second-order valence-electron chi connectivity index (χ2n) is 6.80. The van der Waals surface area contributed by atoms with E-state index >= 15 is 0 Å². The Hall–Kier alpha value is -3.25. The van der Waals surface area contributed by atoms with E-state index in [1.807, 2.05) is 46.2 Å². The minimum absolute atomic E-state index is 0.118. The molecule has 0 bridgehead atoms. The predicted molar refractivity (Wildman–Crippen MR) is 115 cm³/mol. The van der Waals surface area contributed by atoms with Crippen LogP contribution in [0.3, 0.4) is 0 Å². The van der Waals surface area contributed by atoms with Crippen LogP contribution in [0.5, 0.6) is 0 Å². The van der Waals surface area contributed by atoms with Gasteiger partial charge in [0.15, 0.2) is 0 Å². The van der Waals surface area contributed by atoms with E-state index in [-0.39, 0.29) is 6.04 Å². The molecule has 28 heavy (non-hydrogen) atoms. The molecule has 1 unspecified atom stereocenters. The molecule has 0 aliphatic carbocycles. The zero-order valence-electron chi connectivity index (χ0n) is 15.6. The van der Waals surface area contributed by atoms with E-state index in [0.717, 1.165) is 16.9 Å². The first kappa shape index (κ1) is 16.9. The van der Waals surface area contributed by atoms with Crippen molar-refractivity contribution in [3.8, 4) is 5.82 Å². The summed E-state index contributed by atoms with van der Waals surface area (Å²) < 4.78 is 3.29. The Morgan fingerprint density at radius 1 is 1.00 bits per heavy atom. The first-order valence-corrected chi connectivity index (χ1v) is 10.0. The standard InChI is InChI=1S/C22H19N5S/c1-14-16-7-3-6-10-19(16)28-21(14)15(2)25-22-23-12-11-20(26-22)27-13-24-17-8-4-5-9-18(17)27/h3-13,15H,1-2H3,(H,23,25,26). The number of hydrogen-bond donors (Lipinski definition) is 1. The van der Waals surface area contributed by atoms with Crippen molar-refractivity contribution < 1.29 is 0 Å². The monoisotopic (exact) mass is 385 g/mol. The molecule has 0 radical (unpaired) electrons. The van der Waals surface area contributed by atoms with Gasteiger partial charge in [0.2, 0.25) is 5.95 Å². The lowest BCUT2D eigenvalue weighted by Crippen LogP contribution is -2.10. The quantitative estimate of drug-likeness (QED) is 0.443. The van der Waals surface area contributed by atoms with Crippen molar-refractivity contribution >= 4 is 38.4 Å². The fraction of sp³-hybridized carbons (Fsp3) is 0.136. The van der Waals surface area contributed by atoms with Gasteiger partial charge < -0.3 is 5.32 Å². The Morgan fingerprint density at radius 3 is 2.71 bits per heavy atom. The normalized spacial score (nSPS) is 12.5. The lowest BCUT2D eigenvalue weighted by molar-refractivity contribution is 0.866. The molecule has 3 heterocycles. The van der Waals surface area contributed by atoms with Crippen LogP contribution in [0.15, 0.2) is 67.1 Å². The highest BCUT2D eigenvalue weighted by Gasteiger charge is 2.15. The van der Waals surface area contributed by atoms with Crippen LogP contribution in [-0.2, 0) is 0 Å². The number of imidazole rings is 1. The molecule has 0 aliphatic rings. The van der Waals surface area contributed by atoms with Gasteiger partial charge >= 0.3 is 0 Å². The zero-order valence-corrected chi connectivity index (χ0v) is 16.4. The number of nitrogens with zero attached hydrogens (tertiary/aromatic N) is 4. The molecule has 0 fully saturated rings. The molecule has 2 aromatic carbocycles. The molecule has 1 N–H and O–H groups in total. The summed E-state index contributed by atoms with van der Waals surface area (Å²) in [7, 11) is 0. The van der Waals surface area contributed by atoms with Gasteiger partial charge in [0.05, 0.1) is 17.1 Å². The maximum absolute atomic E-state index is 4.72. The third kappa shape index (κ3) is 2.82. The molecule has 0 amide bonds. The van der Waals surface area contributed by atoms with Crippen molar-refractivity contribution in [3.63, 3.8) is 0 Å². The average molecular weight is 385 g/mol. The minimum atomic E-state index is 0.118. The number of aromatic nitrogens is 4. The molecule has 1 atom stereocenters. The topological polar surface area (TPSA) is 55.6 Å². The summed E-state index contributed by atoms with van der Waals surface area (Å²) in [5.74, 6) is 1.41. The van der Waals surface area contributed by atoms with Gasteiger partial charge in [0.25, 0.3) is 0 Å². The molecule has 138 valence electrons. The van der Waals surface area contributed by atoms with E-state index < -0.39 is 0 Å². The fourth-order valence-corrected chi connectivity index (χ4v) is 4.77. The number of hydrogen-bond acceptors (Lipinski definition) is 5. The highest BCUT2D eigenvalue weighted by Crippen LogP contribution is 2.35. The molecular formula is C22H19N5S. The number of aryl methyl sites for hydroxylation is 1. The lowest BCUT2D eigenvalue weighted by Gasteiger charge is -2.14. The Bertz CT molecular complexity index is 1290. The summed E-state index contributed by atoms with van der Waals surface area (Å²) in [6.07, 6.45) is 3.58. The number of rotatable bonds is 4. The van der Waals surface area contributed by atoms with E-state index in [1.54, 1.807) is 12.5 Å². The Kier molecular flexibility index (Phi) is 4.06. The van der Waals surface area contributed by atoms with Gasteiger partial charge in [-0.15, -0.1) is 11.3 Å². The number of thiophene rings is 1. The number of benzene rings is 2. The Labute approximate surface area is 166 Å². The van der Waals surface area contributed by atoms with Crippen LogP contribution < -0.4 is 5.32 Å². The summed E-state index contributed by atoms with van der Waals surface area (Å²) in [5, 5.41) is 4.78. The number of anilines is 1. The van der Waals surface area contributed by atoms with Crippen molar-refractivity contribution in [3.05, 3.63) is 77.6 Å². The van der Waals surface area contributed by atoms with Crippen molar-refractivity contribution in [2.45, 2.75) is 19.9 Å². The summed E-state index contributed by atoms with van der Waals surface area (Å²) in [6, 6.07) is 18.6. The summed E-state index contributed by atoms with van der Waals surface area (Å²) in [6.45, 7) is 4.33. The van der Waals surface area contributed by atoms with Crippen molar-refractivity contribution in [1.82, 2.24) is 19.5 Å². The second kappa shape index (κ2) is 6.73. The van der Waals surface area contributed by atoms with Gasteiger partial charge in [-0.2, -0.15) is 4.98 Å². The number of para-hydroxylation sites is 2. The zero-order chi connectivity index (χ0) is 19.1. The maximum Gasteiger partial charge on any atom is 0.225 e. The van der Waals surface area contributed by atoms with E-state index in [2.05, 4.69) is 53.4 Å². The van der Waals surface area contributed by atoms with E-state index in [4.69, 9.17) is 4.98 Å².